The van der Waals surface area contributed by atoms with Crippen LogP contribution in [0.4, 0.5) is 4.79 Å². The van der Waals surface area contributed by atoms with Gasteiger partial charge in [-0.05, 0) is 67.7 Å². The highest BCUT2D eigenvalue weighted by Crippen LogP contribution is 2.29. The number of phenols is 1. The number of nitrogens with one attached hydrogen (secondary N) is 1. The zero-order valence-corrected chi connectivity index (χ0v) is 20.2. The minimum atomic E-state index is -0.384. The van der Waals surface area contributed by atoms with Gasteiger partial charge in [0.15, 0.2) is 0 Å². The largest absolute Gasteiger partial charge is 0.507 e. The minimum absolute atomic E-state index is 0.0517. The van der Waals surface area contributed by atoms with Crippen molar-refractivity contribution in [2.45, 2.75) is 59.4 Å². The van der Waals surface area contributed by atoms with Gasteiger partial charge in [0.05, 0.1) is 11.6 Å². The van der Waals surface area contributed by atoms with Crippen molar-refractivity contribution >= 4 is 12.0 Å². The maximum absolute atomic E-state index is 13.4. The molecule has 0 heterocycles. The molecule has 0 aromatic heterocycles. The van der Waals surface area contributed by atoms with Crippen LogP contribution in [0.1, 0.15) is 60.3 Å². The van der Waals surface area contributed by atoms with E-state index < -0.39 is 0 Å². The number of carbonyl (C=O) groups excluding carboxylic acids is 2. The monoisotopic (exact) mass is 452 g/mol. The first-order chi connectivity index (χ1) is 15.8. The molecule has 0 saturated heterocycles. The van der Waals surface area contributed by atoms with Crippen molar-refractivity contribution in [1.29, 1.82) is 0 Å². The molecule has 0 aliphatic heterocycles. The van der Waals surface area contributed by atoms with E-state index in [1.807, 2.05) is 39.8 Å². The zero-order chi connectivity index (χ0) is 24.0. The number of phenolic OH excluding ortho intramolecular Hbond substituents is 1. The van der Waals surface area contributed by atoms with Crippen molar-refractivity contribution in [3.05, 3.63) is 64.2 Å². The third-order valence-corrected chi connectivity index (χ3v) is 6.49. The van der Waals surface area contributed by atoms with Crippen molar-refractivity contribution in [2.24, 2.45) is 5.92 Å². The smallest absolute Gasteiger partial charge is 0.409 e. The van der Waals surface area contributed by atoms with Gasteiger partial charge in [-0.3, -0.25) is 4.79 Å². The number of nitrogens with zero attached hydrogens (tertiary/aromatic N) is 1. The Kier molecular flexibility index (Phi) is 8.37. The van der Waals surface area contributed by atoms with Crippen LogP contribution in [0.5, 0.6) is 5.75 Å². The summed E-state index contributed by atoms with van der Waals surface area (Å²) in [6.45, 7) is 8.97. The van der Waals surface area contributed by atoms with Crippen molar-refractivity contribution in [1.82, 2.24) is 10.2 Å². The second kappa shape index (κ2) is 11.2. The van der Waals surface area contributed by atoms with Crippen LogP contribution in [0.2, 0.25) is 0 Å². The predicted octanol–water partition coefficient (Wildman–Crippen LogP) is 4.51. The number of carbonyl (C=O) groups is 2. The van der Waals surface area contributed by atoms with Crippen molar-refractivity contribution in [3.63, 3.8) is 0 Å². The lowest BCUT2D eigenvalue weighted by Crippen LogP contribution is -2.44. The van der Waals surface area contributed by atoms with Gasteiger partial charge in [-0.25, -0.2) is 4.79 Å². The van der Waals surface area contributed by atoms with Crippen LogP contribution in [0.25, 0.3) is 0 Å². The molecule has 2 N–H and O–H groups in total. The van der Waals surface area contributed by atoms with Gasteiger partial charge >= 0.3 is 6.09 Å². The molecule has 4 bridgehead atoms. The van der Waals surface area contributed by atoms with Gasteiger partial charge in [-0.15, -0.1) is 0 Å². The Labute approximate surface area is 196 Å². The van der Waals surface area contributed by atoms with Gasteiger partial charge in [0.25, 0.3) is 5.91 Å². The zero-order valence-electron chi connectivity index (χ0n) is 20.2. The lowest BCUT2D eigenvalue weighted by atomic mass is 9.91. The van der Waals surface area contributed by atoms with E-state index in [9.17, 15) is 14.7 Å². The molecule has 2 amide bonds. The van der Waals surface area contributed by atoms with Gasteiger partial charge in [0.1, 0.15) is 12.4 Å². The molecule has 2 aromatic carbocycles. The number of hydrogen-bond acceptors (Lipinski definition) is 4. The van der Waals surface area contributed by atoms with Gasteiger partial charge in [0, 0.05) is 13.1 Å². The number of benzene rings is 2. The fourth-order valence-corrected chi connectivity index (χ4v) is 4.15. The number of ether oxygens (including phenoxy) is 1. The molecular weight excluding hydrogens is 416 g/mol. The highest BCUT2D eigenvalue weighted by Gasteiger charge is 2.25. The van der Waals surface area contributed by atoms with Crippen molar-refractivity contribution < 1.29 is 19.4 Å². The van der Waals surface area contributed by atoms with Crippen LogP contribution in [-0.4, -0.2) is 47.7 Å². The summed E-state index contributed by atoms with van der Waals surface area (Å²) in [5.41, 5.74) is 4.34. The normalized spacial score (nSPS) is 13.8. The van der Waals surface area contributed by atoms with E-state index in [0.29, 0.717) is 31.5 Å². The van der Waals surface area contributed by atoms with E-state index in [4.69, 9.17) is 4.74 Å². The van der Waals surface area contributed by atoms with Gasteiger partial charge < -0.3 is 20.1 Å². The number of rotatable bonds is 7. The summed E-state index contributed by atoms with van der Waals surface area (Å²) in [7, 11) is 0. The highest BCUT2D eigenvalue weighted by atomic mass is 16.6. The molecule has 2 aromatic rings. The summed E-state index contributed by atoms with van der Waals surface area (Å²) < 4.78 is 5.48. The van der Waals surface area contributed by atoms with E-state index in [2.05, 4.69) is 29.6 Å². The summed E-state index contributed by atoms with van der Waals surface area (Å²) in [5.74, 6) is -0.216. The van der Waals surface area contributed by atoms with E-state index in [0.717, 1.165) is 24.0 Å². The van der Waals surface area contributed by atoms with Crippen molar-refractivity contribution in [3.8, 4) is 5.75 Å². The number of aryl methyl sites for hydroxylation is 4. The third kappa shape index (κ3) is 6.06. The van der Waals surface area contributed by atoms with Crippen LogP contribution in [0, 0.1) is 5.92 Å². The van der Waals surface area contributed by atoms with E-state index in [1.165, 1.54) is 11.1 Å². The van der Waals surface area contributed by atoms with E-state index in [1.54, 1.807) is 4.90 Å². The Hall–Kier alpha value is -3.02. The molecule has 178 valence electrons. The second-order valence-electron chi connectivity index (χ2n) is 9.00. The highest BCUT2D eigenvalue weighted by molar-refractivity contribution is 5.99. The SMILES string of the molecule is CCN(CC)C(=O)OC[C@@H](NC(=O)c1c2ccc(c1O)CCc1ccc(cc1)CC2)C(C)C. The van der Waals surface area contributed by atoms with E-state index in [-0.39, 0.29) is 36.3 Å². The molecule has 4 aliphatic rings. The molecule has 0 unspecified atom stereocenters. The first-order valence-corrected chi connectivity index (χ1v) is 12.0. The first-order valence-electron chi connectivity index (χ1n) is 12.0. The van der Waals surface area contributed by atoms with Crippen molar-refractivity contribution in [2.75, 3.05) is 19.7 Å². The average molecular weight is 453 g/mol. The number of aromatic hydroxyl groups is 1. The molecule has 33 heavy (non-hydrogen) atoms. The number of hydrogen-bond donors (Lipinski definition) is 2. The van der Waals surface area contributed by atoms with Gasteiger partial charge in [-0.2, -0.15) is 0 Å². The Bertz CT molecular complexity index is 965. The quantitative estimate of drug-likeness (QED) is 0.648. The predicted molar refractivity (Wildman–Crippen MR) is 130 cm³/mol. The van der Waals surface area contributed by atoms with Gasteiger partial charge in [-0.1, -0.05) is 50.2 Å². The molecule has 6 heteroatoms. The Balaban J connectivity index is 1.80. The van der Waals surface area contributed by atoms with Crippen LogP contribution in [-0.2, 0) is 30.4 Å². The Morgan fingerprint density at radius 1 is 0.939 bits per heavy atom. The van der Waals surface area contributed by atoms with E-state index >= 15 is 0 Å². The molecule has 0 spiro atoms. The minimum Gasteiger partial charge on any atom is -0.507 e. The maximum Gasteiger partial charge on any atom is 0.409 e. The number of amides is 2. The maximum atomic E-state index is 13.4. The molecule has 4 aliphatic carbocycles. The average Bonchev–Trinajstić information content (AvgIpc) is 2.79. The van der Waals surface area contributed by atoms with Crippen LogP contribution in [0.15, 0.2) is 36.4 Å². The second-order valence-corrected chi connectivity index (χ2v) is 9.00. The van der Waals surface area contributed by atoms with Crippen LogP contribution in [0.3, 0.4) is 0 Å². The topological polar surface area (TPSA) is 78.9 Å². The molecule has 0 saturated carbocycles. The third-order valence-electron chi connectivity index (χ3n) is 6.49. The molecule has 6 nitrogen and oxygen atoms in total. The molecule has 0 fully saturated rings. The fraction of sp³-hybridized carbons (Fsp3) is 0.481. The Morgan fingerprint density at radius 3 is 2.03 bits per heavy atom. The Morgan fingerprint density at radius 2 is 1.48 bits per heavy atom. The molecular formula is C27H36N2O4. The first kappa shape index (κ1) is 24.6. The molecule has 1 atom stereocenters. The lowest BCUT2D eigenvalue weighted by Gasteiger charge is -2.25. The summed E-state index contributed by atoms with van der Waals surface area (Å²) in [6, 6.07) is 12.1. The van der Waals surface area contributed by atoms with Gasteiger partial charge in [0.2, 0.25) is 0 Å². The molecule has 0 radical (unpaired) electrons. The lowest BCUT2D eigenvalue weighted by molar-refractivity contribution is 0.0774. The fourth-order valence-electron chi connectivity index (χ4n) is 4.15. The molecule has 6 rings (SSSR count). The summed E-state index contributed by atoms with van der Waals surface area (Å²) in [6.07, 6.45) is 2.50. The standard InChI is InChI=1S/C27H36N2O4/c1-5-29(6-2)27(32)33-17-23(18(3)4)28-26(31)24-21-13-11-19-7-9-20(10-8-19)12-14-22(16-15-21)25(24)30/h7-10,15-16,18,23,30H,5-6,11-14,17H2,1-4H3,(H,28,31)/t23-/m1/s1. The van der Waals surface area contributed by atoms with Crippen LogP contribution < -0.4 is 5.32 Å². The summed E-state index contributed by atoms with van der Waals surface area (Å²) >= 11 is 0. The summed E-state index contributed by atoms with van der Waals surface area (Å²) in [4.78, 5) is 27.3. The summed E-state index contributed by atoms with van der Waals surface area (Å²) in [5, 5.41) is 14.1. The van der Waals surface area contributed by atoms with Crippen LogP contribution >= 0.6 is 0 Å².